The lowest BCUT2D eigenvalue weighted by atomic mass is 9.97. The molecule has 1 unspecified atom stereocenters. The number of benzene rings is 1. The topological polar surface area (TPSA) is 30.5 Å². The van der Waals surface area contributed by atoms with Crippen LogP contribution in [-0.4, -0.2) is 25.4 Å². The second-order valence-electron chi connectivity index (χ2n) is 5.54. The fraction of sp³-hybridized carbons (Fsp3) is 0.600. The van der Waals surface area contributed by atoms with E-state index >= 15 is 0 Å². The van der Waals surface area contributed by atoms with Gasteiger partial charge in [0.2, 0.25) is 0 Å². The van der Waals surface area contributed by atoms with Crippen LogP contribution in [-0.2, 0) is 11.2 Å². The molecule has 0 amide bonds. The summed E-state index contributed by atoms with van der Waals surface area (Å²) in [6.45, 7) is 4.72. The van der Waals surface area contributed by atoms with Crippen molar-refractivity contribution in [1.29, 1.82) is 0 Å². The van der Waals surface area contributed by atoms with E-state index in [1.54, 1.807) is 0 Å². The van der Waals surface area contributed by atoms with Crippen LogP contribution in [0.3, 0.4) is 0 Å². The predicted octanol–water partition coefficient (Wildman–Crippen LogP) is 2.99. The Morgan fingerprint density at radius 2 is 2.33 bits per heavy atom. The highest BCUT2D eigenvalue weighted by molar-refractivity contribution is 5.57. The Bertz CT molecular complexity index is 425. The van der Waals surface area contributed by atoms with Crippen molar-refractivity contribution in [1.82, 2.24) is 0 Å². The zero-order valence-electron chi connectivity index (χ0n) is 11.0. The van der Waals surface area contributed by atoms with Gasteiger partial charge in [0.05, 0.1) is 5.60 Å². The van der Waals surface area contributed by atoms with E-state index in [-0.39, 0.29) is 5.60 Å². The molecule has 0 aliphatic carbocycles. The van der Waals surface area contributed by atoms with E-state index < -0.39 is 0 Å². The molecule has 0 radical (unpaired) electrons. The van der Waals surface area contributed by atoms with Crippen molar-refractivity contribution in [2.24, 2.45) is 0 Å². The highest BCUT2D eigenvalue weighted by atomic mass is 16.5. The Morgan fingerprint density at radius 3 is 3.17 bits per heavy atom. The lowest BCUT2D eigenvalue weighted by molar-refractivity contribution is -0.0888. The molecule has 1 saturated heterocycles. The van der Waals surface area contributed by atoms with Crippen molar-refractivity contribution < 1.29 is 9.47 Å². The summed E-state index contributed by atoms with van der Waals surface area (Å²) in [4.78, 5) is 0. The normalized spacial score (nSPS) is 26.5. The molecule has 1 aromatic rings. The van der Waals surface area contributed by atoms with Crippen LogP contribution in [0.1, 0.15) is 31.7 Å². The van der Waals surface area contributed by atoms with E-state index in [0.29, 0.717) is 6.61 Å². The van der Waals surface area contributed by atoms with E-state index in [1.807, 2.05) is 6.07 Å². The highest BCUT2D eigenvalue weighted by Gasteiger charge is 2.28. The second kappa shape index (κ2) is 4.81. The molecular formula is C15H21NO2. The Balaban J connectivity index is 1.62. The van der Waals surface area contributed by atoms with Crippen LogP contribution < -0.4 is 10.1 Å². The maximum Gasteiger partial charge on any atom is 0.119 e. The molecule has 3 nitrogen and oxygen atoms in total. The Morgan fingerprint density at radius 1 is 1.39 bits per heavy atom. The van der Waals surface area contributed by atoms with Gasteiger partial charge >= 0.3 is 0 Å². The van der Waals surface area contributed by atoms with Gasteiger partial charge in [-0.2, -0.15) is 0 Å². The summed E-state index contributed by atoms with van der Waals surface area (Å²) in [5.41, 5.74) is 2.51. The summed E-state index contributed by atoms with van der Waals surface area (Å²) in [6, 6.07) is 6.31. The minimum absolute atomic E-state index is 0.102. The van der Waals surface area contributed by atoms with Crippen LogP contribution in [0.2, 0.25) is 0 Å². The summed E-state index contributed by atoms with van der Waals surface area (Å²) >= 11 is 0. The first kappa shape index (κ1) is 11.8. The summed E-state index contributed by atoms with van der Waals surface area (Å²) < 4.78 is 11.8. The Kier molecular flexibility index (Phi) is 3.16. The van der Waals surface area contributed by atoms with Crippen LogP contribution in [0.4, 0.5) is 5.69 Å². The van der Waals surface area contributed by atoms with Gasteiger partial charge in [0.1, 0.15) is 12.4 Å². The van der Waals surface area contributed by atoms with E-state index in [2.05, 4.69) is 24.4 Å². The number of nitrogens with one attached hydrogen (secondary N) is 1. The van der Waals surface area contributed by atoms with E-state index in [0.717, 1.165) is 31.7 Å². The molecule has 0 aromatic heterocycles. The van der Waals surface area contributed by atoms with Crippen molar-refractivity contribution in [3.63, 3.8) is 0 Å². The van der Waals surface area contributed by atoms with Gasteiger partial charge in [-0.25, -0.2) is 0 Å². The van der Waals surface area contributed by atoms with E-state index in [9.17, 15) is 0 Å². The van der Waals surface area contributed by atoms with E-state index in [4.69, 9.17) is 9.47 Å². The number of rotatable bonds is 3. The van der Waals surface area contributed by atoms with Gasteiger partial charge in [0.25, 0.3) is 0 Å². The van der Waals surface area contributed by atoms with Gasteiger partial charge < -0.3 is 14.8 Å². The summed E-state index contributed by atoms with van der Waals surface area (Å²) in [5.74, 6) is 0.966. The summed E-state index contributed by atoms with van der Waals surface area (Å²) in [5, 5.41) is 3.36. The maximum atomic E-state index is 5.92. The number of fused-ring (bicyclic) bond motifs is 1. The average molecular weight is 247 g/mol. The van der Waals surface area contributed by atoms with Crippen LogP contribution in [0.25, 0.3) is 0 Å². The molecule has 1 aromatic carbocycles. The van der Waals surface area contributed by atoms with Gasteiger partial charge in [-0.15, -0.1) is 0 Å². The smallest absolute Gasteiger partial charge is 0.119 e. The zero-order valence-corrected chi connectivity index (χ0v) is 11.0. The third-order valence-corrected chi connectivity index (χ3v) is 3.88. The van der Waals surface area contributed by atoms with Crippen LogP contribution in [0.5, 0.6) is 5.75 Å². The number of hydrogen-bond donors (Lipinski definition) is 1. The lowest BCUT2D eigenvalue weighted by Crippen LogP contribution is -2.38. The minimum Gasteiger partial charge on any atom is -0.491 e. The minimum atomic E-state index is -0.102. The quantitative estimate of drug-likeness (QED) is 0.890. The van der Waals surface area contributed by atoms with Gasteiger partial charge in [-0.05, 0) is 56.4 Å². The Hall–Kier alpha value is -1.22. The molecule has 18 heavy (non-hydrogen) atoms. The molecule has 0 spiro atoms. The first-order chi connectivity index (χ1) is 8.75. The van der Waals surface area contributed by atoms with Crippen molar-refractivity contribution >= 4 is 5.69 Å². The molecule has 0 saturated carbocycles. The van der Waals surface area contributed by atoms with Crippen LogP contribution in [0.15, 0.2) is 18.2 Å². The molecule has 1 atom stereocenters. The van der Waals surface area contributed by atoms with Crippen LogP contribution >= 0.6 is 0 Å². The molecule has 0 bridgehead atoms. The third kappa shape index (κ3) is 2.46. The molecule has 2 heterocycles. The first-order valence-electron chi connectivity index (χ1n) is 6.89. The molecule has 2 aliphatic heterocycles. The predicted molar refractivity (Wildman–Crippen MR) is 72.3 cm³/mol. The fourth-order valence-electron chi connectivity index (χ4n) is 2.71. The summed E-state index contributed by atoms with van der Waals surface area (Å²) in [7, 11) is 0. The van der Waals surface area contributed by atoms with Crippen molar-refractivity contribution in [3.05, 3.63) is 23.8 Å². The molecule has 3 heteroatoms. The number of hydrogen-bond acceptors (Lipinski definition) is 3. The van der Waals surface area contributed by atoms with E-state index in [1.165, 1.54) is 24.1 Å². The molecule has 2 aliphatic rings. The average Bonchev–Trinajstić information content (AvgIpc) is 2.85. The first-order valence-corrected chi connectivity index (χ1v) is 6.89. The fourth-order valence-corrected chi connectivity index (χ4v) is 2.71. The second-order valence-corrected chi connectivity index (χ2v) is 5.54. The Labute approximate surface area is 108 Å². The van der Waals surface area contributed by atoms with Crippen molar-refractivity contribution in [2.45, 2.75) is 38.2 Å². The molecule has 3 rings (SSSR count). The monoisotopic (exact) mass is 247 g/mol. The lowest BCUT2D eigenvalue weighted by Gasteiger charge is -2.33. The van der Waals surface area contributed by atoms with Crippen LogP contribution in [0, 0.1) is 0 Å². The highest BCUT2D eigenvalue weighted by Crippen LogP contribution is 2.29. The van der Waals surface area contributed by atoms with Gasteiger partial charge in [-0.1, -0.05) is 0 Å². The SMILES string of the molecule is CC1(COc2ccc3c(c2)CCN3)CCCCO1. The van der Waals surface area contributed by atoms with Gasteiger partial charge in [0, 0.05) is 18.8 Å². The van der Waals surface area contributed by atoms with Crippen molar-refractivity contribution in [2.75, 3.05) is 25.1 Å². The van der Waals surface area contributed by atoms with Crippen molar-refractivity contribution in [3.8, 4) is 5.75 Å². The van der Waals surface area contributed by atoms with Gasteiger partial charge in [0.15, 0.2) is 0 Å². The molecule has 1 fully saturated rings. The zero-order chi connectivity index (χ0) is 12.4. The third-order valence-electron chi connectivity index (χ3n) is 3.88. The van der Waals surface area contributed by atoms with Gasteiger partial charge in [-0.3, -0.25) is 0 Å². The molecule has 98 valence electrons. The number of anilines is 1. The number of ether oxygens (including phenoxy) is 2. The summed E-state index contributed by atoms with van der Waals surface area (Å²) in [6.07, 6.45) is 4.62. The maximum absolute atomic E-state index is 5.92. The largest absolute Gasteiger partial charge is 0.491 e. The molecular weight excluding hydrogens is 226 g/mol. The molecule has 1 N–H and O–H groups in total. The standard InChI is InChI=1S/C15H21NO2/c1-15(7-2-3-9-18-15)11-17-13-4-5-14-12(10-13)6-8-16-14/h4-5,10,16H,2-3,6-9,11H2,1H3.